The molecule has 2 aromatic carbocycles. The van der Waals surface area contributed by atoms with Gasteiger partial charge in [0, 0.05) is 27.7 Å². The number of benzene rings is 2. The second kappa shape index (κ2) is 9.84. The summed E-state index contributed by atoms with van der Waals surface area (Å²) in [7, 11) is -3.43. The van der Waals surface area contributed by atoms with Gasteiger partial charge in [0.2, 0.25) is 10.0 Å². The zero-order chi connectivity index (χ0) is 23.5. The van der Waals surface area contributed by atoms with Crippen LogP contribution in [0.5, 0.6) is 0 Å². The van der Waals surface area contributed by atoms with Gasteiger partial charge in [0.1, 0.15) is 0 Å². The van der Waals surface area contributed by atoms with E-state index in [1.54, 1.807) is 38.1 Å². The molecule has 1 saturated carbocycles. The molecule has 0 bridgehead atoms. The third-order valence-electron chi connectivity index (χ3n) is 6.37. The molecule has 0 aromatic heterocycles. The molecule has 1 aliphatic rings. The number of anilines is 1. The number of carbonyl (C=O) groups is 1. The summed E-state index contributed by atoms with van der Waals surface area (Å²) >= 11 is 6.11. The molecule has 0 saturated heterocycles. The van der Waals surface area contributed by atoms with Gasteiger partial charge in [-0.05, 0) is 81.0 Å². The first-order chi connectivity index (χ1) is 15.0. The van der Waals surface area contributed by atoms with Gasteiger partial charge in [-0.15, -0.1) is 0 Å². The van der Waals surface area contributed by atoms with Crippen molar-refractivity contribution in [2.24, 2.45) is 5.92 Å². The van der Waals surface area contributed by atoms with Crippen LogP contribution in [-0.2, 0) is 15.4 Å². The molecular formula is C25H33ClN2O3S. The molecule has 0 radical (unpaired) electrons. The van der Waals surface area contributed by atoms with E-state index in [1.165, 1.54) is 5.56 Å². The van der Waals surface area contributed by atoms with E-state index >= 15 is 0 Å². The molecule has 2 N–H and O–H groups in total. The lowest BCUT2D eigenvalue weighted by Crippen LogP contribution is -2.54. The Morgan fingerprint density at radius 1 is 1.00 bits per heavy atom. The molecule has 7 heteroatoms. The highest BCUT2D eigenvalue weighted by Crippen LogP contribution is 2.48. The van der Waals surface area contributed by atoms with Crippen molar-refractivity contribution in [3.8, 4) is 0 Å². The molecule has 0 spiro atoms. The summed E-state index contributed by atoms with van der Waals surface area (Å²) in [4.78, 5) is 13.1. The number of amides is 1. The minimum Gasteiger partial charge on any atom is -0.348 e. The quantitative estimate of drug-likeness (QED) is 0.483. The Balaban J connectivity index is 1.80. The predicted octanol–water partition coefficient (Wildman–Crippen LogP) is 5.76. The van der Waals surface area contributed by atoms with Crippen molar-refractivity contribution in [3.63, 3.8) is 0 Å². The van der Waals surface area contributed by atoms with Gasteiger partial charge in [-0.1, -0.05) is 44.0 Å². The van der Waals surface area contributed by atoms with Gasteiger partial charge in [-0.25, -0.2) is 8.42 Å². The van der Waals surface area contributed by atoms with Crippen LogP contribution in [0.3, 0.4) is 0 Å². The maximum atomic E-state index is 13.1. The van der Waals surface area contributed by atoms with E-state index in [1.807, 2.05) is 12.1 Å². The van der Waals surface area contributed by atoms with Gasteiger partial charge in [0.05, 0.1) is 5.25 Å². The standard InChI is InChI=1S/C25H33ClN2O3S/c1-17(2)16-23(25(14-5-15-25)20-8-10-21(26)11-9-20)27-24(29)19-6-12-22(13-7-19)28-32(30,31)18(3)4/h6-13,17-18,23,28H,5,14-16H2,1-4H3,(H,27,29). The predicted molar refractivity (Wildman–Crippen MR) is 132 cm³/mol. The molecule has 3 rings (SSSR count). The second-order valence-corrected chi connectivity index (χ2v) is 12.1. The summed E-state index contributed by atoms with van der Waals surface area (Å²) in [6.07, 6.45) is 4.07. The fourth-order valence-electron chi connectivity index (χ4n) is 4.29. The summed E-state index contributed by atoms with van der Waals surface area (Å²) in [5.41, 5.74) is 2.09. The molecule has 0 aliphatic heterocycles. The lowest BCUT2D eigenvalue weighted by molar-refractivity contribution is 0.0847. The number of sulfonamides is 1. The minimum atomic E-state index is -3.43. The third-order valence-corrected chi connectivity index (χ3v) is 8.39. The Hall–Kier alpha value is -2.05. The molecular weight excluding hydrogens is 444 g/mol. The molecule has 1 amide bonds. The molecule has 1 fully saturated rings. The van der Waals surface area contributed by atoms with Crippen molar-refractivity contribution in [2.75, 3.05) is 4.72 Å². The number of hydrogen-bond acceptors (Lipinski definition) is 3. The lowest BCUT2D eigenvalue weighted by atomic mass is 9.59. The molecule has 1 atom stereocenters. The third kappa shape index (κ3) is 5.46. The first-order valence-corrected chi connectivity index (χ1v) is 13.1. The Morgan fingerprint density at radius 3 is 2.06 bits per heavy atom. The zero-order valence-corrected chi connectivity index (χ0v) is 20.8. The van der Waals surface area contributed by atoms with Crippen LogP contribution in [0.15, 0.2) is 48.5 Å². The first-order valence-electron chi connectivity index (χ1n) is 11.2. The molecule has 32 heavy (non-hydrogen) atoms. The van der Waals surface area contributed by atoms with Crippen LogP contribution >= 0.6 is 11.6 Å². The maximum absolute atomic E-state index is 13.1. The first kappa shape index (κ1) is 24.6. The van der Waals surface area contributed by atoms with E-state index in [0.717, 1.165) is 25.7 Å². The Bertz CT molecular complexity index is 1030. The average molecular weight is 477 g/mol. The molecule has 174 valence electrons. The van der Waals surface area contributed by atoms with E-state index in [4.69, 9.17) is 11.6 Å². The van der Waals surface area contributed by atoms with Crippen molar-refractivity contribution in [2.45, 2.75) is 70.1 Å². The average Bonchev–Trinajstić information content (AvgIpc) is 2.68. The summed E-state index contributed by atoms with van der Waals surface area (Å²) in [5, 5.41) is 3.47. The van der Waals surface area contributed by atoms with Crippen molar-refractivity contribution < 1.29 is 13.2 Å². The van der Waals surface area contributed by atoms with E-state index < -0.39 is 15.3 Å². The van der Waals surface area contributed by atoms with E-state index in [0.29, 0.717) is 22.2 Å². The fourth-order valence-corrected chi connectivity index (χ4v) is 5.11. The van der Waals surface area contributed by atoms with Crippen molar-refractivity contribution in [1.82, 2.24) is 5.32 Å². The SMILES string of the molecule is CC(C)CC(NC(=O)c1ccc(NS(=O)(=O)C(C)C)cc1)C1(c2ccc(Cl)cc2)CCC1. The van der Waals surface area contributed by atoms with Crippen molar-refractivity contribution >= 4 is 33.2 Å². The van der Waals surface area contributed by atoms with Gasteiger partial charge >= 0.3 is 0 Å². The Morgan fingerprint density at radius 2 is 1.59 bits per heavy atom. The molecule has 0 heterocycles. The highest BCUT2D eigenvalue weighted by Gasteiger charge is 2.46. The highest BCUT2D eigenvalue weighted by molar-refractivity contribution is 7.93. The Labute approximate surface area is 197 Å². The summed E-state index contributed by atoms with van der Waals surface area (Å²) in [5.74, 6) is 0.284. The number of carbonyl (C=O) groups excluding carboxylic acids is 1. The monoisotopic (exact) mass is 476 g/mol. The summed E-state index contributed by atoms with van der Waals surface area (Å²) in [6.45, 7) is 7.58. The van der Waals surface area contributed by atoms with Crippen LogP contribution in [0.1, 0.15) is 69.3 Å². The van der Waals surface area contributed by atoms with Gasteiger partial charge in [0.25, 0.3) is 5.91 Å². The van der Waals surface area contributed by atoms with Crippen molar-refractivity contribution in [3.05, 3.63) is 64.7 Å². The maximum Gasteiger partial charge on any atom is 0.251 e. The molecule has 5 nitrogen and oxygen atoms in total. The molecule has 1 aliphatic carbocycles. The largest absolute Gasteiger partial charge is 0.348 e. The number of halogens is 1. The molecule has 1 unspecified atom stereocenters. The fraction of sp³-hybridized carbons (Fsp3) is 0.480. The zero-order valence-electron chi connectivity index (χ0n) is 19.2. The van der Waals surface area contributed by atoms with Crippen LogP contribution in [-0.4, -0.2) is 25.6 Å². The van der Waals surface area contributed by atoms with Crippen LogP contribution in [0.2, 0.25) is 5.02 Å². The topological polar surface area (TPSA) is 75.3 Å². The smallest absolute Gasteiger partial charge is 0.251 e. The van der Waals surface area contributed by atoms with Gasteiger partial charge in [-0.3, -0.25) is 9.52 Å². The van der Waals surface area contributed by atoms with Crippen LogP contribution in [0, 0.1) is 5.92 Å². The van der Waals surface area contributed by atoms with Crippen LogP contribution in [0.25, 0.3) is 0 Å². The van der Waals surface area contributed by atoms with E-state index in [9.17, 15) is 13.2 Å². The minimum absolute atomic E-state index is 0.00375. The normalized spacial score (nSPS) is 16.5. The van der Waals surface area contributed by atoms with Crippen LogP contribution < -0.4 is 10.0 Å². The van der Waals surface area contributed by atoms with Gasteiger partial charge < -0.3 is 5.32 Å². The summed E-state index contributed by atoms with van der Waals surface area (Å²) < 4.78 is 26.7. The van der Waals surface area contributed by atoms with Crippen LogP contribution in [0.4, 0.5) is 5.69 Å². The summed E-state index contributed by atoms with van der Waals surface area (Å²) in [6, 6.07) is 14.6. The second-order valence-electron chi connectivity index (χ2n) is 9.45. The van der Waals surface area contributed by atoms with E-state index in [-0.39, 0.29) is 17.4 Å². The van der Waals surface area contributed by atoms with Gasteiger partial charge in [-0.2, -0.15) is 0 Å². The van der Waals surface area contributed by atoms with Gasteiger partial charge in [0.15, 0.2) is 0 Å². The number of rotatable bonds is 9. The lowest BCUT2D eigenvalue weighted by Gasteiger charge is -2.49. The highest BCUT2D eigenvalue weighted by atomic mass is 35.5. The van der Waals surface area contributed by atoms with Crippen molar-refractivity contribution in [1.29, 1.82) is 0 Å². The molecule has 2 aromatic rings. The van der Waals surface area contributed by atoms with E-state index in [2.05, 4.69) is 36.0 Å². The Kier molecular flexibility index (Phi) is 7.56. The number of hydrogen-bond donors (Lipinski definition) is 2. The number of nitrogens with one attached hydrogen (secondary N) is 2.